The number of hydrogen-bond donors (Lipinski definition) is 5. The Balaban J connectivity index is 1.74. The van der Waals surface area contributed by atoms with Crippen LogP contribution in [0.15, 0.2) is 41.6 Å². The van der Waals surface area contributed by atoms with Gasteiger partial charge in [0, 0.05) is 17.9 Å². The highest BCUT2D eigenvalue weighted by Gasteiger charge is 2.51. The molecule has 1 aliphatic heterocycles. The van der Waals surface area contributed by atoms with Crippen molar-refractivity contribution >= 4 is 27.8 Å². The maximum Gasteiger partial charge on any atom is 0.318 e. The van der Waals surface area contributed by atoms with Gasteiger partial charge in [-0.1, -0.05) is 30.3 Å². The third-order valence-electron chi connectivity index (χ3n) is 7.43. The van der Waals surface area contributed by atoms with E-state index in [1.807, 2.05) is 44.2 Å². The first kappa shape index (κ1) is 26.1. The molecule has 6 N–H and O–H groups in total. The zero-order valence-corrected chi connectivity index (χ0v) is 21.7. The fraction of sp³-hybridized carbons (Fsp3) is 0.560. The van der Waals surface area contributed by atoms with E-state index in [1.165, 1.54) is 0 Å². The van der Waals surface area contributed by atoms with E-state index in [1.54, 1.807) is 4.90 Å². The van der Waals surface area contributed by atoms with Crippen molar-refractivity contribution in [2.45, 2.75) is 55.9 Å². The van der Waals surface area contributed by atoms with E-state index in [0.717, 1.165) is 24.8 Å². The topological polar surface area (TPSA) is 132 Å². The van der Waals surface area contributed by atoms with Crippen molar-refractivity contribution in [2.75, 3.05) is 31.9 Å². The molecule has 9 heteroatoms. The van der Waals surface area contributed by atoms with Crippen LogP contribution in [0.1, 0.15) is 51.1 Å². The van der Waals surface area contributed by atoms with Crippen molar-refractivity contribution in [3.63, 3.8) is 0 Å². The largest absolute Gasteiger partial charge is 0.400 e. The lowest BCUT2D eigenvalue weighted by molar-refractivity contribution is -0.124. The molecule has 1 heterocycles. The van der Waals surface area contributed by atoms with E-state index >= 15 is 0 Å². The number of amides is 3. The molecule has 8 nitrogen and oxygen atoms in total. The molecule has 3 amide bonds. The molecule has 34 heavy (non-hydrogen) atoms. The zero-order valence-electron chi connectivity index (χ0n) is 20.9. The Morgan fingerprint density at radius 3 is 2.32 bits per heavy atom. The van der Waals surface area contributed by atoms with Gasteiger partial charge in [-0.3, -0.25) is 10.2 Å². The molecule has 0 bridgehead atoms. The van der Waals surface area contributed by atoms with Crippen LogP contribution in [-0.4, -0.2) is 70.0 Å². The molecule has 188 valence electrons. The van der Waals surface area contributed by atoms with Crippen LogP contribution in [-0.2, 0) is 4.79 Å². The van der Waals surface area contributed by atoms with Crippen molar-refractivity contribution in [2.24, 2.45) is 5.73 Å². The summed E-state index contributed by atoms with van der Waals surface area (Å²) in [6, 6.07) is 8.81. The lowest BCUT2D eigenvalue weighted by Gasteiger charge is -2.53. The Labute approximate surface area is 204 Å². The molecule has 1 aromatic carbocycles. The molecule has 1 aliphatic carbocycles. The highest BCUT2D eigenvalue weighted by atomic mass is 32.3. The third kappa shape index (κ3) is 4.68. The highest BCUT2D eigenvalue weighted by Crippen LogP contribution is 2.60. The van der Waals surface area contributed by atoms with Crippen molar-refractivity contribution in [3.8, 4) is 0 Å². The Kier molecular flexibility index (Phi) is 7.38. The van der Waals surface area contributed by atoms with Crippen LogP contribution < -0.4 is 16.4 Å². The van der Waals surface area contributed by atoms with Gasteiger partial charge in [-0.2, -0.15) is 0 Å². The minimum atomic E-state index is -1.15. The maximum absolute atomic E-state index is 13.3. The monoisotopic (exact) mass is 489 g/mol. The van der Waals surface area contributed by atoms with E-state index in [2.05, 4.69) is 29.4 Å². The van der Waals surface area contributed by atoms with Gasteiger partial charge < -0.3 is 26.4 Å². The van der Waals surface area contributed by atoms with Crippen molar-refractivity contribution in [1.29, 1.82) is 5.41 Å². The molecule has 0 aromatic heterocycles. The molecular formula is C25H39N5O3S. The zero-order chi connectivity index (χ0) is 25.3. The van der Waals surface area contributed by atoms with E-state index in [-0.39, 0.29) is 37.0 Å². The molecule has 0 unspecified atom stereocenters. The maximum atomic E-state index is 13.3. The van der Waals surface area contributed by atoms with Crippen LogP contribution >= 0.6 is 10.0 Å². The quantitative estimate of drug-likeness (QED) is 0.298. The first-order chi connectivity index (χ1) is 15.8. The van der Waals surface area contributed by atoms with Crippen LogP contribution in [0.2, 0.25) is 0 Å². The van der Waals surface area contributed by atoms with Gasteiger partial charge in [-0.05, 0) is 63.9 Å². The van der Waals surface area contributed by atoms with Gasteiger partial charge in [0.05, 0.1) is 22.9 Å². The molecule has 0 saturated heterocycles. The second-order valence-corrected chi connectivity index (χ2v) is 14.9. The fourth-order valence-corrected chi connectivity index (χ4v) is 6.90. The van der Waals surface area contributed by atoms with E-state index in [4.69, 9.17) is 11.1 Å². The number of carbonyl (C=O) groups is 2. The van der Waals surface area contributed by atoms with Crippen LogP contribution in [0.3, 0.4) is 0 Å². The van der Waals surface area contributed by atoms with Gasteiger partial charge in [0.1, 0.15) is 5.84 Å². The number of carbonyl (C=O) groups excluding carboxylic acids is 2. The second-order valence-electron chi connectivity index (χ2n) is 10.5. The molecule has 2 aliphatic rings. The lowest BCUT2D eigenvalue weighted by atomic mass is 9.83. The summed E-state index contributed by atoms with van der Waals surface area (Å²) in [6.45, 7) is 3.73. The Bertz CT molecular complexity index is 980. The lowest BCUT2D eigenvalue weighted by Crippen LogP contribution is -2.55. The average Bonchev–Trinajstić information content (AvgIpc) is 2.95. The van der Waals surface area contributed by atoms with Gasteiger partial charge in [0.25, 0.3) is 0 Å². The summed E-state index contributed by atoms with van der Waals surface area (Å²) in [6.07, 6.45) is 9.50. The van der Waals surface area contributed by atoms with Crippen molar-refractivity contribution in [1.82, 2.24) is 15.5 Å². The number of nitrogens with zero attached hydrogens (tertiary/aromatic N) is 1. The molecule has 0 radical (unpaired) electrons. The second kappa shape index (κ2) is 9.62. The van der Waals surface area contributed by atoms with Gasteiger partial charge in [0.2, 0.25) is 5.91 Å². The number of rotatable bonds is 7. The van der Waals surface area contributed by atoms with Crippen LogP contribution in [0.5, 0.6) is 0 Å². The molecule has 1 aromatic rings. The first-order valence-electron chi connectivity index (χ1n) is 11.7. The number of nitrogens with one attached hydrogen (secondary N) is 3. The number of benzene rings is 1. The summed E-state index contributed by atoms with van der Waals surface area (Å²) in [5, 5.41) is 24.0. The van der Waals surface area contributed by atoms with Gasteiger partial charge in [0.15, 0.2) is 0 Å². The SMILES string of the molecule is CC1(C)C(N)=C(C(=N)NC(=O)C2(S(C)(C)C)CCC2)CN1C(=O)N[C@H](CCO)c1ccccc1. The molecule has 1 atom stereocenters. The standard InChI is InChI=1S/C25H39N5O3S/c1-24(2)20(26)18(21(27)29-22(32)25(13-9-14-25)34(3,4)5)16-30(24)23(33)28-19(12-15-31)17-10-7-6-8-11-17/h6-8,10-11,19,31H,9,12-16,26H2,1-5H3,(H,28,33)(H2,27,29,32)/t19-/m1/s1. The first-order valence-corrected chi connectivity index (χ1v) is 14.5. The molecule has 0 spiro atoms. The third-order valence-corrected chi connectivity index (χ3v) is 10.4. The van der Waals surface area contributed by atoms with Crippen LogP contribution in [0, 0.1) is 5.41 Å². The number of urea groups is 1. The van der Waals surface area contributed by atoms with Crippen molar-refractivity contribution < 1.29 is 14.7 Å². The predicted octanol–water partition coefficient (Wildman–Crippen LogP) is 2.84. The summed E-state index contributed by atoms with van der Waals surface area (Å²) in [5.74, 6) is -0.143. The molecular weight excluding hydrogens is 450 g/mol. The summed E-state index contributed by atoms with van der Waals surface area (Å²) in [4.78, 5) is 28.1. The van der Waals surface area contributed by atoms with Crippen molar-refractivity contribution in [3.05, 3.63) is 47.2 Å². The summed E-state index contributed by atoms with van der Waals surface area (Å²) in [5.41, 5.74) is 7.37. The fourth-order valence-electron chi connectivity index (χ4n) is 4.78. The van der Waals surface area contributed by atoms with Gasteiger partial charge >= 0.3 is 6.03 Å². The van der Waals surface area contributed by atoms with Crippen LogP contribution in [0.25, 0.3) is 0 Å². The Morgan fingerprint density at radius 2 is 1.82 bits per heavy atom. The molecule has 3 rings (SSSR count). The molecule has 1 saturated carbocycles. The van der Waals surface area contributed by atoms with E-state index in [0.29, 0.717) is 17.7 Å². The Hall–Kier alpha value is -2.52. The number of amidine groups is 1. The summed E-state index contributed by atoms with van der Waals surface area (Å²) >= 11 is 0. The molecule has 1 fully saturated rings. The number of hydrogen-bond acceptors (Lipinski definition) is 5. The summed E-state index contributed by atoms with van der Waals surface area (Å²) < 4.78 is -0.410. The van der Waals surface area contributed by atoms with E-state index in [9.17, 15) is 14.7 Å². The minimum absolute atomic E-state index is 0.0317. The number of aliphatic hydroxyl groups excluding tert-OH is 1. The van der Waals surface area contributed by atoms with Gasteiger partial charge in [-0.15, -0.1) is 0 Å². The van der Waals surface area contributed by atoms with E-state index < -0.39 is 20.3 Å². The predicted molar refractivity (Wildman–Crippen MR) is 139 cm³/mol. The smallest absolute Gasteiger partial charge is 0.318 e. The average molecular weight is 490 g/mol. The Morgan fingerprint density at radius 1 is 1.21 bits per heavy atom. The number of aliphatic hydroxyl groups is 1. The minimum Gasteiger partial charge on any atom is -0.400 e. The summed E-state index contributed by atoms with van der Waals surface area (Å²) in [7, 11) is -1.15. The normalized spacial score (nSPS) is 20.4. The number of nitrogens with two attached hydrogens (primary N) is 1. The van der Waals surface area contributed by atoms with Crippen LogP contribution in [0.4, 0.5) is 4.79 Å². The van der Waals surface area contributed by atoms with Gasteiger partial charge in [-0.25, -0.2) is 14.8 Å². The highest BCUT2D eigenvalue weighted by molar-refractivity contribution is 8.33.